The Bertz CT molecular complexity index is 1340. The van der Waals surface area contributed by atoms with Gasteiger partial charge >= 0.3 is 0 Å². The number of carbonyl (C=O) groups excluding carboxylic acids is 1. The fourth-order valence-electron chi connectivity index (χ4n) is 4.07. The predicted octanol–water partition coefficient (Wildman–Crippen LogP) is 5.33. The number of hydrogen-bond acceptors (Lipinski definition) is 5. The van der Waals surface area contributed by atoms with Crippen LogP contribution in [0.3, 0.4) is 0 Å². The number of aromatic nitrogens is 2. The van der Waals surface area contributed by atoms with Gasteiger partial charge < -0.3 is 10.1 Å². The predicted molar refractivity (Wildman–Crippen MR) is 140 cm³/mol. The molecule has 1 N–H and O–H groups in total. The van der Waals surface area contributed by atoms with E-state index in [1.807, 2.05) is 54.6 Å². The van der Waals surface area contributed by atoms with Crippen LogP contribution in [0.4, 0.5) is 0 Å². The SMILES string of the molecule is O=C(NCCN1CCOCC1)c1ccc2nc(-c3ccc(Cl)cc3)c(-c3ccc(Cl)cc3)nc2c1. The Morgan fingerprint density at radius 3 is 2.00 bits per heavy atom. The maximum absolute atomic E-state index is 12.8. The lowest BCUT2D eigenvalue weighted by Gasteiger charge is -2.26. The molecule has 1 saturated heterocycles. The number of hydrogen-bond donors (Lipinski definition) is 1. The van der Waals surface area contributed by atoms with Gasteiger partial charge in [0.05, 0.1) is 35.6 Å². The lowest BCUT2D eigenvalue weighted by Crippen LogP contribution is -2.41. The molecule has 1 amide bonds. The molecule has 1 fully saturated rings. The molecule has 0 aliphatic carbocycles. The number of benzene rings is 3. The van der Waals surface area contributed by atoms with Gasteiger partial charge in [0.15, 0.2) is 0 Å². The molecular weight excluding hydrogens is 483 g/mol. The molecule has 0 unspecified atom stereocenters. The Kier molecular flexibility index (Phi) is 7.25. The summed E-state index contributed by atoms with van der Waals surface area (Å²) in [5.41, 5.74) is 5.13. The van der Waals surface area contributed by atoms with Crippen LogP contribution in [-0.4, -0.2) is 60.2 Å². The zero-order valence-electron chi connectivity index (χ0n) is 19.0. The Labute approximate surface area is 213 Å². The van der Waals surface area contributed by atoms with Crippen LogP contribution in [0, 0.1) is 0 Å². The molecule has 4 aromatic rings. The fraction of sp³-hybridized carbons (Fsp3) is 0.222. The Balaban J connectivity index is 1.45. The quantitative estimate of drug-likeness (QED) is 0.382. The average molecular weight is 507 g/mol. The number of halogens is 2. The highest BCUT2D eigenvalue weighted by molar-refractivity contribution is 6.31. The lowest BCUT2D eigenvalue weighted by atomic mass is 10.0. The van der Waals surface area contributed by atoms with Crippen LogP contribution in [-0.2, 0) is 4.74 Å². The number of nitrogens with one attached hydrogen (secondary N) is 1. The Morgan fingerprint density at radius 2 is 1.40 bits per heavy atom. The molecule has 0 radical (unpaired) electrons. The van der Waals surface area contributed by atoms with Crippen molar-refractivity contribution in [3.63, 3.8) is 0 Å². The van der Waals surface area contributed by atoms with Crippen molar-refractivity contribution in [1.82, 2.24) is 20.2 Å². The lowest BCUT2D eigenvalue weighted by molar-refractivity contribution is 0.0383. The van der Waals surface area contributed by atoms with Crippen molar-refractivity contribution in [3.05, 3.63) is 82.3 Å². The summed E-state index contributed by atoms with van der Waals surface area (Å²) >= 11 is 12.2. The Morgan fingerprint density at radius 1 is 0.829 bits per heavy atom. The molecule has 0 atom stereocenters. The second-order valence-corrected chi connectivity index (χ2v) is 9.22. The van der Waals surface area contributed by atoms with Gasteiger partial charge in [-0.2, -0.15) is 0 Å². The molecule has 5 rings (SSSR count). The maximum Gasteiger partial charge on any atom is 0.251 e. The number of ether oxygens (including phenoxy) is 1. The molecule has 0 bridgehead atoms. The van der Waals surface area contributed by atoms with E-state index in [2.05, 4.69) is 10.2 Å². The second kappa shape index (κ2) is 10.7. The van der Waals surface area contributed by atoms with E-state index >= 15 is 0 Å². The summed E-state index contributed by atoms with van der Waals surface area (Å²) < 4.78 is 5.37. The fourth-order valence-corrected chi connectivity index (χ4v) is 4.32. The van der Waals surface area contributed by atoms with Gasteiger partial charge in [-0.1, -0.05) is 47.5 Å². The van der Waals surface area contributed by atoms with Gasteiger partial charge in [0.1, 0.15) is 0 Å². The largest absolute Gasteiger partial charge is 0.379 e. The van der Waals surface area contributed by atoms with Gasteiger partial charge in [-0.15, -0.1) is 0 Å². The number of carbonyl (C=O) groups is 1. The molecular formula is C27H24Cl2N4O2. The van der Waals surface area contributed by atoms with E-state index < -0.39 is 0 Å². The first-order chi connectivity index (χ1) is 17.1. The van der Waals surface area contributed by atoms with E-state index in [-0.39, 0.29) is 5.91 Å². The number of amides is 1. The molecule has 6 nitrogen and oxygen atoms in total. The molecule has 1 aromatic heterocycles. The molecule has 0 spiro atoms. The van der Waals surface area contributed by atoms with Crippen molar-refractivity contribution in [2.75, 3.05) is 39.4 Å². The van der Waals surface area contributed by atoms with Crippen molar-refractivity contribution < 1.29 is 9.53 Å². The zero-order valence-corrected chi connectivity index (χ0v) is 20.5. The number of fused-ring (bicyclic) bond motifs is 1. The van der Waals surface area contributed by atoms with E-state index in [9.17, 15) is 4.79 Å². The third kappa shape index (κ3) is 5.63. The van der Waals surface area contributed by atoms with Crippen LogP contribution in [0.25, 0.3) is 33.5 Å². The van der Waals surface area contributed by atoms with Crippen LogP contribution < -0.4 is 5.32 Å². The molecule has 0 saturated carbocycles. The molecule has 3 aromatic carbocycles. The van der Waals surface area contributed by atoms with Crippen LogP contribution in [0.5, 0.6) is 0 Å². The number of morpholine rings is 1. The van der Waals surface area contributed by atoms with E-state index in [0.717, 1.165) is 49.7 Å². The maximum atomic E-state index is 12.8. The molecule has 178 valence electrons. The second-order valence-electron chi connectivity index (χ2n) is 8.35. The normalized spacial score (nSPS) is 14.2. The zero-order chi connectivity index (χ0) is 24.2. The van der Waals surface area contributed by atoms with Crippen LogP contribution in [0.1, 0.15) is 10.4 Å². The average Bonchev–Trinajstić information content (AvgIpc) is 2.89. The minimum Gasteiger partial charge on any atom is -0.379 e. The van der Waals surface area contributed by atoms with Gasteiger partial charge in [-0.05, 0) is 42.5 Å². The van der Waals surface area contributed by atoms with Crippen molar-refractivity contribution in [2.45, 2.75) is 0 Å². The summed E-state index contributed by atoms with van der Waals surface area (Å²) in [4.78, 5) is 24.9. The molecule has 8 heteroatoms. The highest BCUT2D eigenvalue weighted by Gasteiger charge is 2.16. The monoisotopic (exact) mass is 506 g/mol. The first-order valence-corrected chi connectivity index (χ1v) is 12.2. The topological polar surface area (TPSA) is 67.4 Å². The van der Waals surface area contributed by atoms with Crippen LogP contribution >= 0.6 is 23.2 Å². The van der Waals surface area contributed by atoms with Gasteiger partial charge in [-0.25, -0.2) is 9.97 Å². The smallest absolute Gasteiger partial charge is 0.251 e. The third-order valence-corrected chi connectivity index (χ3v) is 6.48. The van der Waals surface area contributed by atoms with Gasteiger partial charge in [0, 0.05) is 52.9 Å². The van der Waals surface area contributed by atoms with Gasteiger partial charge in [0.25, 0.3) is 5.91 Å². The first-order valence-electron chi connectivity index (χ1n) is 11.5. The van der Waals surface area contributed by atoms with E-state index in [0.29, 0.717) is 38.9 Å². The third-order valence-electron chi connectivity index (χ3n) is 5.98. The summed E-state index contributed by atoms with van der Waals surface area (Å²) in [6.45, 7) is 4.65. The van der Waals surface area contributed by atoms with Crippen molar-refractivity contribution in [3.8, 4) is 22.5 Å². The summed E-state index contributed by atoms with van der Waals surface area (Å²) in [6, 6.07) is 20.4. The molecule has 2 heterocycles. The molecule has 35 heavy (non-hydrogen) atoms. The number of nitrogens with zero attached hydrogens (tertiary/aromatic N) is 3. The van der Waals surface area contributed by atoms with Gasteiger partial charge in [0.2, 0.25) is 0 Å². The standard InChI is InChI=1S/C27H24Cl2N4O2/c28-21-6-1-18(2-7-21)25-26(19-3-8-22(29)9-4-19)32-24-17-20(5-10-23(24)31-25)27(34)30-11-12-33-13-15-35-16-14-33/h1-10,17H,11-16H2,(H,30,34). The summed E-state index contributed by atoms with van der Waals surface area (Å²) in [5, 5.41) is 4.31. The van der Waals surface area contributed by atoms with E-state index in [4.69, 9.17) is 37.9 Å². The van der Waals surface area contributed by atoms with E-state index in [1.165, 1.54) is 0 Å². The minimum absolute atomic E-state index is 0.128. The van der Waals surface area contributed by atoms with Crippen LogP contribution in [0.2, 0.25) is 10.0 Å². The summed E-state index contributed by atoms with van der Waals surface area (Å²) in [5.74, 6) is -0.128. The van der Waals surface area contributed by atoms with Crippen LogP contribution in [0.15, 0.2) is 66.7 Å². The highest BCUT2D eigenvalue weighted by Crippen LogP contribution is 2.32. The van der Waals surface area contributed by atoms with E-state index in [1.54, 1.807) is 12.1 Å². The van der Waals surface area contributed by atoms with Crippen molar-refractivity contribution >= 4 is 40.1 Å². The summed E-state index contributed by atoms with van der Waals surface area (Å²) in [7, 11) is 0. The Hall–Kier alpha value is -3.03. The molecule has 1 aliphatic heterocycles. The van der Waals surface area contributed by atoms with Gasteiger partial charge in [-0.3, -0.25) is 9.69 Å². The molecule has 1 aliphatic rings. The number of rotatable bonds is 6. The highest BCUT2D eigenvalue weighted by atomic mass is 35.5. The minimum atomic E-state index is -0.128. The first kappa shape index (κ1) is 23.7. The van der Waals surface area contributed by atoms with Crippen molar-refractivity contribution in [2.24, 2.45) is 0 Å². The summed E-state index contributed by atoms with van der Waals surface area (Å²) in [6.07, 6.45) is 0. The van der Waals surface area contributed by atoms with Crippen molar-refractivity contribution in [1.29, 1.82) is 0 Å².